The summed E-state index contributed by atoms with van der Waals surface area (Å²) >= 11 is 0. The average Bonchev–Trinajstić information content (AvgIpc) is 3.11. The number of pyridine rings is 1. The van der Waals surface area contributed by atoms with Crippen LogP contribution in [0.3, 0.4) is 0 Å². The Morgan fingerprint density at radius 2 is 2.03 bits per heavy atom. The molecule has 2 heterocycles. The van der Waals surface area contributed by atoms with Gasteiger partial charge in [-0.2, -0.15) is 0 Å². The van der Waals surface area contributed by atoms with Gasteiger partial charge in [-0.05, 0) is 42.7 Å². The van der Waals surface area contributed by atoms with E-state index in [9.17, 15) is 9.59 Å². The summed E-state index contributed by atoms with van der Waals surface area (Å²) in [7, 11) is 0. The van der Waals surface area contributed by atoms with Crippen molar-refractivity contribution in [3.8, 4) is 5.75 Å². The van der Waals surface area contributed by atoms with E-state index in [0.717, 1.165) is 23.3 Å². The second-order valence-corrected chi connectivity index (χ2v) is 7.26. The molecule has 2 amide bonds. The highest BCUT2D eigenvalue weighted by Crippen LogP contribution is 2.17. The molecule has 2 atom stereocenters. The Kier molecular flexibility index (Phi) is 6.16. The van der Waals surface area contributed by atoms with Gasteiger partial charge < -0.3 is 20.2 Å². The third kappa shape index (κ3) is 4.93. The van der Waals surface area contributed by atoms with E-state index in [4.69, 9.17) is 10.5 Å². The first kappa shape index (κ1) is 20.4. The van der Waals surface area contributed by atoms with Gasteiger partial charge >= 0.3 is 0 Å². The monoisotopic (exact) mass is 394 g/mol. The van der Waals surface area contributed by atoms with Crippen molar-refractivity contribution in [2.24, 2.45) is 11.7 Å². The number of fused-ring (bicyclic) bond motifs is 1. The summed E-state index contributed by atoms with van der Waals surface area (Å²) in [6, 6.07) is 10.1. The van der Waals surface area contributed by atoms with Crippen LogP contribution in [0.25, 0.3) is 5.65 Å². The Balaban J connectivity index is 1.68. The smallest absolute Gasteiger partial charge is 0.252 e. The Labute approximate surface area is 169 Å². The number of hydrogen-bond acceptors (Lipinski definition) is 4. The molecular formula is C22H26N4O3. The summed E-state index contributed by atoms with van der Waals surface area (Å²) in [6.45, 7) is 6.13. The molecule has 2 unspecified atom stereocenters. The fraction of sp³-hybridized carbons (Fsp3) is 0.318. The van der Waals surface area contributed by atoms with Crippen LogP contribution in [-0.4, -0.2) is 27.2 Å². The fourth-order valence-corrected chi connectivity index (χ4v) is 3.06. The maximum absolute atomic E-state index is 12.6. The molecule has 152 valence electrons. The van der Waals surface area contributed by atoms with Gasteiger partial charge in [0.2, 0.25) is 5.91 Å². The molecule has 7 nitrogen and oxygen atoms in total. The van der Waals surface area contributed by atoms with E-state index in [-0.39, 0.29) is 18.4 Å². The van der Waals surface area contributed by atoms with Crippen LogP contribution in [0.1, 0.15) is 41.9 Å². The van der Waals surface area contributed by atoms with E-state index < -0.39 is 11.9 Å². The molecule has 0 fully saturated rings. The van der Waals surface area contributed by atoms with E-state index in [1.165, 1.54) is 0 Å². The van der Waals surface area contributed by atoms with E-state index in [0.29, 0.717) is 11.3 Å². The van der Waals surface area contributed by atoms with Gasteiger partial charge in [-0.25, -0.2) is 4.98 Å². The fourth-order valence-electron chi connectivity index (χ4n) is 3.06. The van der Waals surface area contributed by atoms with Gasteiger partial charge in [0.1, 0.15) is 24.0 Å². The number of benzene rings is 1. The molecule has 0 aliphatic carbocycles. The van der Waals surface area contributed by atoms with Crippen LogP contribution >= 0.6 is 0 Å². The minimum absolute atomic E-state index is 0.0467. The summed E-state index contributed by atoms with van der Waals surface area (Å²) in [5.74, 6) is -0.399. The lowest BCUT2D eigenvalue weighted by molar-refractivity contribution is -0.120. The number of hydrogen-bond donors (Lipinski definition) is 2. The number of imidazole rings is 1. The number of ether oxygens (including phenoxy) is 1. The quantitative estimate of drug-likeness (QED) is 0.614. The van der Waals surface area contributed by atoms with E-state index in [2.05, 4.69) is 10.3 Å². The molecule has 0 spiro atoms. The molecule has 0 aliphatic rings. The van der Waals surface area contributed by atoms with Crippen molar-refractivity contribution < 1.29 is 14.3 Å². The molecule has 0 saturated carbocycles. The van der Waals surface area contributed by atoms with E-state index in [1.54, 1.807) is 24.3 Å². The SMILES string of the molecule is CCC(C)C(NC(=O)c1cccc(OCc2cn3cc(C)ccc3n2)c1)C(N)=O. The maximum Gasteiger partial charge on any atom is 0.252 e. The van der Waals surface area contributed by atoms with Crippen LogP contribution < -0.4 is 15.8 Å². The van der Waals surface area contributed by atoms with Crippen LogP contribution in [0, 0.1) is 12.8 Å². The largest absolute Gasteiger partial charge is 0.487 e. The zero-order valence-corrected chi connectivity index (χ0v) is 16.9. The van der Waals surface area contributed by atoms with Crippen LogP contribution in [0.5, 0.6) is 5.75 Å². The number of nitrogens with one attached hydrogen (secondary N) is 1. The molecule has 7 heteroatoms. The highest BCUT2D eigenvalue weighted by Gasteiger charge is 2.24. The van der Waals surface area contributed by atoms with Crippen molar-refractivity contribution in [3.05, 3.63) is 65.6 Å². The number of carbonyl (C=O) groups is 2. The number of aryl methyl sites for hydroxylation is 1. The lowest BCUT2D eigenvalue weighted by Crippen LogP contribution is -2.48. The summed E-state index contributed by atoms with van der Waals surface area (Å²) in [4.78, 5) is 28.7. The highest BCUT2D eigenvalue weighted by molar-refractivity contribution is 5.97. The third-order valence-electron chi connectivity index (χ3n) is 4.94. The number of primary amides is 1. The highest BCUT2D eigenvalue weighted by atomic mass is 16.5. The Hall–Kier alpha value is -3.35. The Morgan fingerprint density at radius 3 is 2.76 bits per heavy atom. The zero-order valence-electron chi connectivity index (χ0n) is 16.9. The molecule has 0 radical (unpaired) electrons. The number of aromatic nitrogens is 2. The lowest BCUT2D eigenvalue weighted by Gasteiger charge is -2.21. The minimum Gasteiger partial charge on any atom is -0.487 e. The lowest BCUT2D eigenvalue weighted by atomic mass is 9.98. The second kappa shape index (κ2) is 8.77. The van der Waals surface area contributed by atoms with Gasteiger partial charge in [0.25, 0.3) is 5.91 Å². The molecule has 3 rings (SSSR count). The first-order valence-electron chi connectivity index (χ1n) is 9.64. The van der Waals surface area contributed by atoms with Gasteiger partial charge in [-0.1, -0.05) is 32.4 Å². The van der Waals surface area contributed by atoms with Crippen molar-refractivity contribution in [3.63, 3.8) is 0 Å². The first-order chi connectivity index (χ1) is 13.9. The maximum atomic E-state index is 12.6. The summed E-state index contributed by atoms with van der Waals surface area (Å²) < 4.78 is 7.77. The standard InChI is InChI=1S/C22H26N4O3/c1-4-15(3)20(21(23)27)25-22(28)16-6-5-7-18(10-16)29-13-17-12-26-11-14(2)8-9-19(26)24-17/h5-12,15,20H,4,13H2,1-3H3,(H2,23,27)(H,25,28). The number of amides is 2. The predicted octanol–water partition coefficient (Wildman–Crippen LogP) is 2.85. The van der Waals surface area contributed by atoms with Crippen molar-refractivity contribution in [2.75, 3.05) is 0 Å². The molecule has 3 N–H and O–H groups in total. The molecule has 29 heavy (non-hydrogen) atoms. The van der Waals surface area contributed by atoms with Gasteiger partial charge in [-0.15, -0.1) is 0 Å². The van der Waals surface area contributed by atoms with Crippen LogP contribution in [0.2, 0.25) is 0 Å². The summed E-state index contributed by atoms with van der Waals surface area (Å²) in [6.07, 6.45) is 4.65. The van der Waals surface area contributed by atoms with E-state index in [1.807, 2.05) is 49.7 Å². The molecule has 3 aromatic rings. The predicted molar refractivity (Wildman–Crippen MR) is 111 cm³/mol. The van der Waals surface area contributed by atoms with Gasteiger partial charge in [-0.3, -0.25) is 9.59 Å². The Bertz CT molecular complexity index is 1030. The summed E-state index contributed by atoms with van der Waals surface area (Å²) in [5.41, 5.74) is 8.63. The topological polar surface area (TPSA) is 98.7 Å². The number of nitrogens with two attached hydrogens (primary N) is 1. The average molecular weight is 394 g/mol. The van der Waals surface area contributed by atoms with Crippen LogP contribution in [0.15, 0.2) is 48.8 Å². The van der Waals surface area contributed by atoms with Crippen molar-refractivity contribution in [2.45, 2.75) is 39.8 Å². The van der Waals surface area contributed by atoms with Gasteiger partial charge in [0.15, 0.2) is 0 Å². The van der Waals surface area contributed by atoms with Crippen LogP contribution in [-0.2, 0) is 11.4 Å². The number of carbonyl (C=O) groups excluding carboxylic acids is 2. The summed E-state index contributed by atoms with van der Waals surface area (Å²) in [5, 5.41) is 2.72. The van der Waals surface area contributed by atoms with Crippen molar-refractivity contribution in [1.82, 2.24) is 14.7 Å². The van der Waals surface area contributed by atoms with Crippen molar-refractivity contribution in [1.29, 1.82) is 0 Å². The molecule has 0 bridgehead atoms. The molecular weight excluding hydrogens is 368 g/mol. The molecule has 0 saturated heterocycles. The normalized spacial score (nSPS) is 13.1. The number of rotatable bonds is 8. The minimum atomic E-state index is -0.710. The zero-order chi connectivity index (χ0) is 21.0. The first-order valence-corrected chi connectivity index (χ1v) is 9.64. The molecule has 1 aromatic carbocycles. The number of nitrogens with zero attached hydrogens (tertiary/aromatic N) is 2. The second-order valence-electron chi connectivity index (χ2n) is 7.26. The molecule has 0 aliphatic heterocycles. The van der Waals surface area contributed by atoms with Crippen molar-refractivity contribution >= 4 is 17.5 Å². The van der Waals surface area contributed by atoms with Gasteiger partial charge in [0.05, 0.1) is 5.69 Å². The Morgan fingerprint density at radius 1 is 1.24 bits per heavy atom. The van der Waals surface area contributed by atoms with Gasteiger partial charge in [0, 0.05) is 18.0 Å². The molecule has 2 aromatic heterocycles. The third-order valence-corrected chi connectivity index (χ3v) is 4.94. The van der Waals surface area contributed by atoms with E-state index >= 15 is 0 Å². The van der Waals surface area contributed by atoms with Crippen LogP contribution in [0.4, 0.5) is 0 Å².